The molecule has 1 aromatic carbocycles. The Hall–Kier alpha value is -4.32. The second-order valence-corrected chi connectivity index (χ2v) is 7.14. The van der Waals surface area contributed by atoms with Gasteiger partial charge in [0.2, 0.25) is 0 Å². The van der Waals surface area contributed by atoms with Gasteiger partial charge >= 0.3 is 0 Å². The van der Waals surface area contributed by atoms with E-state index < -0.39 is 0 Å². The molecule has 0 saturated heterocycles. The van der Waals surface area contributed by atoms with Gasteiger partial charge in [-0.25, -0.2) is 0 Å². The molecule has 0 bridgehead atoms. The minimum absolute atomic E-state index is 0.887. The Morgan fingerprint density at radius 2 is 1.37 bits per heavy atom. The molecule has 0 fully saturated rings. The summed E-state index contributed by atoms with van der Waals surface area (Å²) in [5, 5.41) is 9.92. The molecule has 142 valence electrons. The summed E-state index contributed by atoms with van der Waals surface area (Å²) in [4.78, 5) is 16.1. The van der Waals surface area contributed by atoms with E-state index in [-0.39, 0.29) is 0 Å². The Bertz CT molecular complexity index is 1480. The van der Waals surface area contributed by atoms with Crippen molar-refractivity contribution in [3.05, 3.63) is 85.7 Å². The van der Waals surface area contributed by atoms with E-state index in [1.54, 1.807) is 24.8 Å². The fourth-order valence-electron chi connectivity index (χ4n) is 3.88. The minimum Gasteiger partial charge on any atom is -0.352 e. The van der Waals surface area contributed by atoms with Crippen molar-refractivity contribution in [2.45, 2.75) is 0 Å². The molecule has 6 rings (SSSR count). The highest BCUT2D eigenvalue weighted by Gasteiger charge is 2.14. The molecule has 6 nitrogen and oxygen atoms in total. The molecule has 30 heavy (non-hydrogen) atoms. The average Bonchev–Trinajstić information content (AvgIpc) is 3.43. The molecule has 0 aliphatic rings. The van der Waals surface area contributed by atoms with Gasteiger partial charge in [-0.1, -0.05) is 6.07 Å². The van der Waals surface area contributed by atoms with Crippen LogP contribution in [-0.2, 0) is 0 Å². The Morgan fingerprint density at radius 1 is 0.600 bits per heavy atom. The number of aromatic amines is 2. The number of hydrogen-bond donors (Lipinski definition) is 2. The lowest BCUT2D eigenvalue weighted by Crippen LogP contribution is -1.82. The van der Waals surface area contributed by atoms with Crippen molar-refractivity contribution in [3.8, 4) is 33.6 Å². The standard InChI is InChI=1S/C24H16N6/c1-2-21-19(11-17(1)15-3-7-25-8-4-15)24(30-29-21)22-12-18-20(13-27-14-23(18)28-22)16-5-9-26-10-6-16/h1-14,28H,(H,29,30). The van der Waals surface area contributed by atoms with Crippen molar-refractivity contribution < 1.29 is 0 Å². The van der Waals surface area contributed by atoms with E-state index in [1.165, 1.54) is 0 Å². The molecule has 2 N–H and O–H groups in total. The molecular weight excluding hydrogens is 372 g/mol. The van der Waals surface area contributed by atoms with Gasteiger partial charge < -0.3 is 4.98 Å². The van der Waals surface area contributed by atoms with E-state index in [4.69, 9.17) is 0 Å². The number of nitrogens with zero attached hydrogens (tertiary/aromatic N) is 4. The first kappa shape index (κ1) is 16.6. The zero-order valence-electron chi connectivity index (χ0n) is 15.9. The fourth-order valence-corrected chi connectivity index (χ4v) is 3.88. The first-order chi connectivity index (χ1) is 14.9. The van der Waals surface area contributed by atoms with Crippen LogP contribution in [-0.4, -0.2) is 30.1 Å². The number of benzene rings is 1. The third-order valence-corrected chi connectivity index (χ3v) is 5.37. The highest BCUT2D eigenvalue weighted by Crippen LogP contribution is 2.34. The van der Waals surface area contributed by atoms with Crippen molar-refractivity contribution in [3.63, 3.8) is 0 Å². The molecule has 0 spiro atoms. The maximum Gasteiger partial charge on any atom is 0.116 e. The fraction of sp³-hybridized carbons (Fsp3) is 0. The zero-order valence-corrected chi connectivity index (χ0v) is 15.9. The number of H-pyrrole nitrogens is 2. The summed E-state index contributed by atoms with van der Waals surface area (Å²) in [5.74, 6) is 0. The Balaban J connectivity index is 1.52. The average molecular weight is 388 g/mol. The van der Waals surface area contributed by atoms with E-state index in [9.17, 15) is 0 Å². The van der Waals surface area contributed by atoms with Gasteiger partial charge in [-0.05, 0) is 59.2 Å². The molecule has 0 aliphatic heterocycles. The van der Waals surface area contributed by atoms with Crippen LogP contribution in [0.1, 0.15) is 0 Å². The molecule has 0 saturated carbocycles. The molecule has 6 aromatic rings. The lowest BCUT2D eigenvalue weighted by Gasteiger charge is -2.02. The third kappa shape index (κ3) is 2.66. The molecule has 0 amide bonds. The second kappa shape index (κ2) is 6.63. The largest absolute Gasteiger partial charge is 0.352 e. The number of fused-ring (bicyclic) bond motifs is 2. The van der Waals surface area contributed by atoms with Crippen LogP contribution in [0.15, 0.2) is 85.7 Å². The van der Waals surface area contributed by atoms with Gasteiger partial charge in [0.25, 0.3) is 0 Å². The summed E-state index contributed by atoms with van der Waals surface area (Å²) in [7, 11) is 0. The lowest BCUT2D eigenvalue weighted by atomic mass is 10.0. The van der Waals surface area contributed by atoms with Crippen molar-refractivity contribution in [1.29, 1.82) is 0 Å². The Morgan fingerprint density at radius 3 is 2.17 bits per heavy atom. The lowest BCUT2D eigenvalue weighted by molar-refractivity contribution is 1.12. The van der Waals surface area contributed by atoms with Crippen LogP contribution in [0, 0.1) is 0 Å². The van der Waals surface area contributed by atoms with Crippen molar-refractivity contribution >= 4 is 21.8 Å². The topological polar surface area (TPSA) is 83.1 Å². The maximum absolute atomic E-state index is 4.60. The normalized spacial score (nSPS) is 11.3. The first-order valence-corrected chi connectivity index (χ1v) is 9.63. The number of aromatic nitrogens is 6. The number of nitrogens with one attached hydrogen (secondary N) is 2. The quantitative estimate of drug-likeness (QED) is 0.435. The molecule has 5 aromatic heterocycles. The predicted octanol–water partition coefficient (Wildman–Crippen LogP) is 5.23. The second-order valence-electron chi connectivity index (χ2n) is 7.14. The summed E-state index contributed by atoms with van der Waals surface area (Å²) in [6.45, 7) is 0. The van der Waals surface area contributed by atoms with Crippen molar-refractivity contribution in [2.24, 2.45) is 0 Å². The number of rotatable bonds is 3. The van der Waals surface area contributed by atoms with Gasteiger partial charge in [-0.15, -0.1) is 0 Å². The summed E-state index contributed by atoms with van der Waals surface area (Å²) < 4.78 is 0. The SMILES string of the molecule is c1cc(-c2ccc3[nH]nc(-c4cc5c(-c6ccncc6)cncc5[nH]4)c3c2)ccn1. The minimum atomic E-state index is 0.887. The van der Waals surface area contributed by atoms with Gasteiger partial charge in [0.15, 0.2) is 0 Å². The highest BCUT2D eigenvalue weighted by molar-refractivity contribution is 6.01. The van der Waals surface area contributed by atoms with E-state index in [1.807, 2.05) is 36.7 Å². The van der Waals surface area contributed by atoms with Crippen molar-refractivity contribution in [1.82, 2.24) is 30.1 Å². The van der Waals surface area contributed by atoms with Gasteiger partial charge in [-0.3, -0.25) is 20.1 Å². The summed E-state index contributed by atoms with van der Waals surface area (Å²) in [6, 6.07) is 16.5. The molecule has 5 heterocycles. The van der Waals surface area contributed by atoms with Crippen LogP contribution >= 0.6 is 0 Å². The number of hydrogen-bond acceptors (Lipinski definition) is 4. The molecule has 0 aliphatic carbocycles. The highest BCUT2D eigenvalue weighted by atomic mass is 15.1. The van der Waals surface area contributed by atoms with Gasteiger partial charge in [0.1, 0.15) is 5.69 Å². The van der Waals surface area contributed by atoms with E-state index in [0.29, 0.717) is 0 Å². The van der Waals surface area contributed by atoms with E-state index in [2.05, 4.69) is 54.4 Å². The molecule has 6 heteroatoms. The summed E-state index contributed by atoms with van der Waals surface area (Å²) in [5.41, 5.74) is 8.21. The smallest absolute Gasteiger partial charge is 0.116 e. The third-order valence-electron chi connectivity index (χ3n) is 5.37. The van der Waals surface area contributed by atoms with Crippen LogP contribution in [0.3, 0.4) is 0 Å². The van der Waals surface area contributed by atoms with Crippen LogP contribution in [0.4, 0.5) is 0 Å². The van der Waals surface area contributed by atoms with Crippen LogP contribution in [0.25, 0.3) is 55.4 Å². The monoisotopic (exact) mass is 388 g/mol. The predicted molar refractivity (Wildman–Crippen MR) is 118 cm³/mol. The molecule has 0 radical (unpaired) electrons. The summed E-state index contributed by atoms with van der Waals surface area (Å²) in [6.07, 6.45) is 10.9. The summed E-state index contributed by atoms with van der Waals surface area (Å²) >= 11 is 0. The molecular formula is C24H16N6. The van der Waals surface area contributed by atoms with Crippen LogP contribution < -0.4 is 0 Å². The molecule has 0 atom stereocenters. The van der Waals surface area contributed by atoms with Crippen LogP contribution in [0.5, 0.6) is 0 Å². The van der Waals surface area contributed by atoms with E-state index in [0.717, 1.165) is 55.4 Å². The van der Waals surface area contributed by atoms with Crippen molar-refractivity contribution in [2.75, 3.05) is 0 Å². The Labute approximate surface area is 171 Å². The maximum atomic E-state index is 4.60. The number of pyridine rings is 3. The molecule has 0 unspecified atom stereocenters. The van der Waals surface area contributed by atoms with Gasteiger partial charge in [0.05, 0.1) is 22.9 Å². The van der Waals surface area contributed by atoms with Gasteiger partial charge in [0, 0.05) is 47.3 Å². The Kier molecular flexibility index (Phi) is 3.67. The first-order valence-electron chi connectivity index (χ1n) is 9.63. The van der Waals surface area contributed by atoms with Gasteiger partial charge in [-0.2, -0.15) is 5.10 Å². The van der Waals surface area contributed by atoms with E-state index >= 15 is 0 Å². The van der Waals surface area contributed by atoms with Crippen LogP contribution in [0.2, 0.25) is 0 Å². The zero-order chi connectivity index (χ0) is 19.9.